The van der Waals surface area contributed by atoms with Crippen LogP contribution in [0.4, 0.5) is 0 Å². The highest BCUT2D eigenvalue weighted by Crippen LogP contribution is 2.23. The highest BCUT2D eigenvalue weighted by molar-refractivity contribution is 7.86. The van der Waals surface area contributed by atoms with Crippen molar-refractivity contribution < 1.29 is 17.7 Å². The molecule has 0 radical (unpaired) electrons. The summed E-state index contributed by atoms with van der Waals surface area (Å²) in [6.45, 7) is 6.16. The normalized spacial score (nSPS) is 12.9. The third-order valence-corrected chi connectivity index (χ3v) is 6.40. The maximum absolute atomic E-state index is 11.4. The fraction of sp³-hybridized carbons (Fsp3) is 0.727. The van der Waals surface area contributed by atoms with Crippen LogP contribution in [-0.4, -0.2) is 24.8 Å². The van der Waals surface area contributed by atoms with Crippen molar-refractivity contribution in [1.82, 2.24) is 0 Å². The molecule has 1 atom stereocenters. The van der Waals surface area contributed by atoms with E-state index >= 15 is 0 Å². The molecule has 0 amide bonds. The minimum Gasteiger partial charge on any atom is -0.492 e. The second-order valence-corrected chi connectivity index (χ2v) is 9.10. The standard InChI is InChI=1S/C22H38O4S/c1-4-7-9-11-13-19-15-16-21(17-20(19)14-12-10-8-5-2)26-18-22(6-3)27(23,24)25/h15-17,22H,4-14,18H2,1-3H3,(H,23,24,25). The van der Waals surface area contributed by atoms with Crippen LogP contribution >= 0.6 is 0 Å². The van der Waals surface area contributed by atoms with E-state index in [1.54, 1.807) is 6.92 Å². The number of aryl methyl sites for hydroxylation is 2. The minimum absolute atomic E-state index is 0.0134. The molecular weight excluding hydrogens is 360 g/mol. The zero-order valence-electron chi connectivity index (χ0n) is 17.4. The van der Waals surface area contributed by atoms with Crippen LogP contribution in [0.15, 0.2) is 18.2 Å². The molecule has 0 aliphatic carbocycles. The summed E-state index contributed by atoms with van der Waals surface area (Å²) in [5, 5.41) is -0.876. The van der Waals surface area contributed by atoms with Crippen molar-refractivity contribution in [3.8, 4) is 5.75 Å². The van der Waals surface area contributed by atoms with Crippen molar-refractivity contribution in [2.75, 3.05) is 6.61 Å². The lowest BCUT2D eigenvalue weighted by atomic mass is 9.96. The monoisotopic (exact) mass is 398 g/mol. The average Bonchev–Trinajstić information content (AvgIpc) is 2.63. The third-order valence-electron chi connectivity index (χ3n) is 5.09. The predicted molar refractivity (Wildman–Crippen MR) is 113 cm³/mol. The van der Waals surface area contributed by atoms with Gasteiger partial charge in [-0.25, -0.2) is 0 Å². The Balaban J connectivity index is 2.77. The Morgan fingerprint density at radius 2 is 1.48 bits per heavy atom. The number of hydrogen-bond acceptors (Lipinski definition) is 3. The SMILES string of the molecule is CCCCCCc1ccc(OCC(CC)S(=O)(=O)O)cc1CCCCCC. The van der Waals surface area contributed by atoms with E-state index < -0.39 is 15.4 Å². The Labute approximate surface area is 166 Å². The number of rotatable bonds is 15. The molecule has 4 nitrogen and oxygen atoms in total. The Morgan fingerprint density at radius 3 is 2.00 bits per heavy atom. The molecule has 1 aromatic rings. The van der Waals surface area contributed by atoms with Crippen LogP contribution < -0.4 is 4.74 Å². The predicted octanol–water partition coefficient (Wildman–Crippen LogP) is 5.98. The van der Waals surface area contributed by atoms with Crippen LogP contribution in [0, 0.1) is 0 Å². The van der Waals surface area contributed by atoms with Gasteiger partial charge in [-0.05, 0) is 55.4 Å². The van der Waals surface area contributed by atoms with E-state index in [1.807, 2.05) is 6.07 Å². The van der Waals surface area contributed by atoms with E-state index in [1.165, 1.54) is 62.5 Å². The van der Waals surface area contributed by atoms with Crippen molar-refractivity contribution in [1.29, 1.82) is 0 Å². The first-order chi connectivity index (χ1) is 12.9. The van der Waals surface area contributed by atoms with E-state index in [0.29, 0.717) is 12.2 Å². The van der Waals surface area contributed by atoms with Gasteiger partial charge in [-0.1, -0.05) is 65.4 Å². The molecular formula is C22H38O4S. The van der Waals surface area contributed by atoms with Crippen molar-refractivity contribution in [2.45, 2.75) is 96.7 Å². The van der Waals surface area contributed by atoms with Gasteiger partial charge in [0, 0.05) is 0 Å². The Morgan fingerprint density at radius 1 is 0.889 bits per heavy atom. The molecule has 0 fully saturated rings. The lowest BCUT2D eigenvalue weighted by molar-refractivity contribution is 0.302. The van der Waals surface area contributed by atoms with E-state index in [-0.39, 0.29) is 6.61 Å². The summed E-state index contributed by atoms with van der Waals surface area (Å²) in [6.07, 6.45) is 12.3. The number of ether oxygens (including phenoxy) is 1. The third kappa shape index (κ3) is 9.61. The lowest BCUT2D eigenvalue weighted by Gasteiger charge is -2.16. The van der Waals surface area contributed by atoms with Crippen LogP contribution in [0.3, 0.4) is 0 Å². The maximum atomic E-state index is 11.4. The molecule has 0 heterocycles. The highest BCUT2D eigenvalue weighted by Gasteiger charge is 2.21. The van der Waals surface area contributed by atoms with E-state index in [4.69, 9.17) is 4.74 Å². The van der Waals surface area contributed by atoms with Crippen LogP contribution in [0.25, 0.3) is 0 Å². The Kier molecular flexibility index (Phi) is 11.7. The maximum Gasteiger partial charge on any atom is 0.271 e. The average molecular weight is 399 g/mol. The number of benzene rings is 1. The fourth-order valence-electron chi connectivity index (χ4n) is 3.26. The highest BCUT2D eigenvalue weighted by atomic mass is 32.2. The topological polar surface area (TPSA) is 63.6 Å². The smallest absolute Gasteiger partial charge is 0.271 e. The molecule has 0 aromatic heterocycles. The molecule has 0 bridgehead atoms. The van der Waals surface area contributed by atoms with Gasteiger partial charge in [0.1, 0.15) is 17.6 Å². The van der Waals surface area contributed by atoms with Crippen molar-refractivity contribution in [2.24, 2.45) is 0 Å². The minimum atomic E-state index is -4.07. The summed E-state index contributed by atoms with van der Waals surface area (Å²) in [7, 11) is -4.07. The van der Waals surface area contributed by atoms with Crippen LogP contribution in [-0.2, 0) is 23.0 Å². The van der Waals surface area contributed by atoms with Crippen molar-refractivity contribution in [3.05, 3.63) is 29.3 Å². The molecule has 0 saturated heterocycles. The molecule has 156 valence electrons. The second kappa shape index (κ2) is 13.2. The van der Waals surface area contributed by atoms with E-state index in [9.17, 15) is 13.0 Å². The van der Waals surface area contributed by atoms with Gasteiger partial charge in [-0.15, -0.1) is 0 Å². The first kappa shape index (κ1) is 24.0. The summed E-state index contributed by atoms with van der Waals surface area (Å²) >= 11 is 0. The second-order valence-electron chi connectivity index (χ2n) is 7.41. The largest absolute Gasteiger partial charge is 0.492 e. The van der Waals surface area contributed by atoms with Crippen LogP contribution in [0.1, 0.15) is 89.7 Å². The molecule has 0 aliphatic rings. The summed E-state index contributed by atoms with van der Waals surface area (Å²) < 4.78 is 37.7. The molecule has 1 unspecified atom stereocenters. The van der Waals surface area contributed by atoms with Gasteiger partial charge in [0.2, 0.25) is 0 Å². The van der Waals surface area contributed by atoms with E-state index in [0.717, 1.165) is 12.8 Å². The molecule has 0 saturated carbocycles. The van der Waals surface area contributed by atoms with Gasteiger partial charge < -0.3 is 4.74 Å². The zero-order chi connectivity index (χ0) is 20.1. The Bertz CT molecular complexity index is 625. The molecule has 27 heavy (non-hydrogen) atoms. The van der Waals surface area contributed by atoms with Gasteiger partial charge in [0.05, 0.1) is 0 Å². The molecule has 1 N–H and O–H groups in total. The first-order valence-electron chi connectivity index (χ1n) is 10.6. The zero-order valence-corrected chi connectivity index (χ0v) is 18.2. The Hall–Kier alpha value is -1.07. The van der Waals surface area contributed by atoms with Crippen LogP contribution in [0.2, 0.25) is 0 Å². The van der Waals surface area contributed by atoms with Crippen LogP contribution in [0.5, 0.6) is 5.75 Å². The van der Waals surface area contributed by atoms with Crippen molar-refractivity contribution >= 4 is 10.1 Å². The number of hydrogen-bond donors (Lipinski definition) is 1. The molecule has 0 spiro atoms. The molecule has 0 aliphatic heterocycles. The van der Waals surface area contributed by atoms with Crippen molar-refractivity contribution in [3.63, 3.8) is 0 Å². The summed E-state index contributed by atoms with van der Waals surface area (Å²) in [4.78, 5) is 0. The van der Waals surface area contributed by atoms with Gasteiger partial charge in [-0.2, -0.15) is 8.42 Å². The fourth-order valence-corrected chi connectivity index (χ4v) is 3.92. The molecule has 1 aromatic carbocycles. The first-order valence-corrected chi connectivity index (χ1v) is 12.1. The quantitative estimate of drug-likeness (QED) is 0.292. The van der Waals surface area contributed by atoms with E-state index in [2.05, 4.69) is 26.0 Å². The lowest BCUT2D eigenvalue weighted by Crippen LogP contribution is -2.26. The van der Waals surface area contributed by atoms with Gasteiger partial charge >= 0.3 is 0 Å². The molecule has 5 heteroatoms. The molecule has 1 rings (SSSR count). The summed E-state index contributed by atoms with van der Waals surface area (Å²) in [5.74, 6) is 0.694. The summed E-state index contributed by atoms with van der Waals surface area (Å²) in [5.41, 5.74) is 2.71. The van der Waals surface area contributed by atoms with Gasteiger partial charge in [-0.3, -0.25) is 4.55 Å². The number of unbranched alkanes of at least 4 members (excludes halogenated alkanes) is 6. The summed E-state index contributed by atoms with van der Waals surface area (Å²) in [6, 6.07) is 6.13. The van der Waals surface area contributed by atoms with Gasteiger partial charge in [0.25, 0.3) is 10.1 Å². The van der Waals surface area contributed by atoms with Gasteiger partial charge in [0.15, 0.2) is 0 Å².